The number of nitrogen functional groups attached to an aromatic ring is 1. The summed E-state index contributed by atoms with van der Waals surface area (Å²) in [7, 11) is 1.64. The van der Waals surface area contributed by atoms with Crippen molar-refractivity contribution in [3.8, 4) is 0 Å². The molecule has 1 aromatic heterocycles. The first kappa shape index (κ1) is 12.3. The van der Waals surface area contributed by atoms with Crippen LogP contribution in [0.3, 0.4) is 0 Å². The lowest BCUT2D eigenvalue weighted by atomic mass is 10.2. The predicted molar refractivity (Wildman–Crippen MR) is 69.7 cm³/mol. The van der Waals surface area contributed by atoms with Crippen LogP contribution in [-0.2, 0) is 11.2 Å². The summed E-state index contributed by atoms with van der Waals surface area (Å²) in [6, 6.07) is 7.54. The Hall–Kier alpha value is -2.14. The Bertz CT molecular complexity index is 517. The predicted octanol–water partition coefficient (Wildman–Crippen LogP) is 2.01. The topological polar surface area (TPSA) is 74.2 Å². The fraction of sp³-hybridized carbons (Fsp3) is 0.231. The van der Waals surface area contributed by atoms with E-state index in [1.165, 1.54) is 0 Å². The summed E-state index contributed by atoms with van der Waals surface area (Å²) in [5.41, 5.74) is 7.38. The minimum atomic E-state index is 0.484. The number of nitrogens with two attached hydrogens (primary N) is 1. The quantitative estimate of drug-likeness (QED) is 0.815. The molecule has 0 radical (unpaired) electrons. The van der Waals surface area contributed by atoms with E-state index in [4.69, 9.17) is 15.0 Å². The third-order valence-electron chi connectivity index (χ3n) is 2.37. The van der Waals surface area contributed by atoms with Gasteiger partial charge in [0.05, 0.1) is 6.61 Å². The Balaban J connectivity index is 2.00. The molecule has 0 bridgehead atoms. The molecule has 2 aromatic rings. The molecular formula is C13H15N3O2. The SMILES string of the molecule is COCCc1noc(/C=C/c2ccc(N)cc2)n1. The number of ether oxygens (including phenoxy) is 1. The molecule has 0 spiro atoms. The number of aromatic nitrogens is 2. The van der Waals surface area contributed by atoms with Crippen molar-refractivity contribution in [2.24, 2.45) is 0 Å². The van der Waals surface area contributed by atoms with Crippen molar-refractivity contribution in [3.05, 3.63) is 41.5 Å². The number of hydrogen-bond donors (Lipinski definition) is 1. The number of rotatable bonds is 5. The molecule has 1 aromatic carbocycles. The zero-order valence-corrected chi connectivity index (χ0v) is 10.2. The highest BCUT2D eigenvalue weighted by atomic mass is 16.5. The highest BCUT2D eigenvalue weighted by molar-refractivity contribution is 5.66. The lowest BCUT2D eigenvalue weighted by molar-refractivity contribution is 0.199. The van der Waals surface area contributed by atoms with Crippen molar-refractivity contribution in [3.63, 3.8) is 0 Å². The van der Waals surface area contributed by atoms with Gasteiger partial charge in [-0.1, -0.05) is 17.3 Å². The third kappa shape index (κ3) is 3.43. The van der Waals surface area contributed by atoms with Crippen molar-refractivity contribution in [1.29, 1.82) is 0 Å². The molecule has 0 unspecified atom stereocenters. The molecule has 0 aliphatic rings. The standard InChI is InChI=1S/C13H15N3O2/c1-17-9-8-12-15-13(18-16-12)7-4-10-2-5-11(14)6-3-10/h2-7H,8-9,14H2,1H3/b7-4+. The molecule has 0 saturated heterocycles. The second-order valence-corrected chi connectivity index (χ2v) is 3.79. The number of hydrogen-bond acceptors (Lipinski definition) is 5. The maximum absolute atomic E-state index is 5.61. The smallest absolute Gasteiger partial charge is 0.250 e. The molecule has 0 atom stereocenters. The molecule has 2 rings (SSSR count). The maximum Gasteiger partial charge on any atom is 0.250 e. The minimum absolute atomic E-state index is 0.484. The average Bonchev–Trinajstić information content (AvgIpc) is 2.84. The molecule has 0 aliphatic heterocycles. The normalized spacial score (nSPS) is 11.2. The first-order chi connectivity index (χ1) is 8.78. The van der Waals surface area contributed by atoms with Gasteiger partial charge in [0.25, 0.3) is 5.89 Å². The van der Waals surface area contributed by atoms with Crippen LogP contribution in [0.25, 0.3) is 12.2 Å². The van der Waals surface area contributed by atoms with Crippen LogP contribution < -0.4 is 5.73 Å². The van der Waals surface area contributed by atoms with Crippen molar-refractivity contribution in [2.45, 2.75) is 6.42 Å². The monoisotopic (exact) mass is 245 g/mol. The molecule has 5 nitrogen and oxygen atoms in total. The van der Waals surface area contributed by atoms with Gasteiger partial charge in [0.2, 0.25) is 0 Å². The van der Waals surface area contributed by atoms with Gasteiger partial charge in [0.1, 0.15) is 0 Å². The van der Waals surface area contributed by atoms with E-state index in [0.29, 0.717) is 24.7 Å². The van der Waals surface area contributed by atoms with E-state index in [-0.39, 0.29) is 0 Å². The zero-order valence-electron chi connectivity index (χ0n) is 10.2. The number of methoxy groups -OCH3 is 1. The molecule has 0 saturated carbocycles. The Kier molecular flexibility index (Phi) is 4.09. The van der Waals surface area contributed by atoms with Crippen LogP contribution in [-0.4, -0.2) is 23.9 Å². The summed E-state index contributed by atoms with van der Waals surface area (Å²) in [5, 5.41) is 3.84. The summed E-state index contributed by atoms with van der Waals surface area (Å²) in [6.45, 7) is 0.584. The van der Waals surface area contributed by atoms with E-state index < -0.39 is 0 Å². The molecule has 0 fully saturated rings. The van der Waals surface area contributed by atoms with E-state index in [2.05, 4.69) is 10.1 Å². The summed E-state index contributed by atoms with van der Waals surface area (Å²) < 4.78 is 10.0. The summed E-state index contributed by atoms with van der Waals surface area (Å²) in [4.78, 5) is 4.21. The number of benzene rings is 1. The van der Waals surface area contributed by atoms with Crippen molar-refractivity contribution in [1.82, 2.24) is 10.1 Å². The van der Waals surface area contributed by atoms with Gasteiger partial charge in [-0.25, -0.2) is 0 Å². The van der Waals surface area contributed by atoms with Gasteiger partial charge in [-0.2, -0.15) is 4.98 Å². The van der Waals surface area contributed by atoms with Gasteiger partial charge in [0, 0.05) is 25.3 Å². The van der Waals surface area contributed by atoms with Gasteiger partial charge in [-0.15, -0.1) is 0 Å². The molecule has 0 aliphatic carbocycles. The molecule has 5 heteroatoms. The Morgan fingerprint density at radius 1 is 1.28 bits per heavy atom. The lowest BCUT2D eigenvalue weighted by Gasteiger charge is -1.93. The Morgan fingerprint density at radius 3 is 2.78 bits per heavy atom. The molecule has 18 heavy (non-hydrogen) atoms. The first-order valence-electron chi connectivity index (χ1n) is 5.63. The summed E-state index contributed by atoms with van der Waals surface area (Å²) >= 11 is 0. The third-order valence-corrected chi connectivity index (χ3v) is 2.37. The molecule has 0 amide bonds. The second kappa shape index (κ2) is 5.97. The van der Waals surface area contributed by atoms with Crippen LogP contribution >= 0.6 is 0 Å². The van der Waals surface area contributed by atoms with Crippen LogP contribution in [0.1, 0.15) is 17.3 Å². The summed E-state index contributed by atoms with van der Waals surface area (Å²) in [6.07, 6.45) is 4.32. The van der Waals surface area contributed by atoms with Crippen LogP contribution in [0, 0.1) is 0 Å². The van der Waals surface area contributed by atoms with Crippen molar-refractivity contribution >= 4 is 17.8 Å². The van der Waals surface area contributed by atoms with Crippen molar-refractivity contribution < 1.29 is 9.26 Å². The zero-order chi connectivity index (χ0) is 12.8. The Labute approximate surface area is 105 Å². The van der Waals surface area contributed by atoms with Crippen LogP contribution in [0.2, 0.25) is 0 Å². The van der Waals surface area contributed by atoms with Crippen LogP contribution in [0.5, 0.6) is 0 Å². The maximum atomic E-state index is 5.61. The van der Waals surface area contributed by atoms with E-state index in [1.807, 2.05) is 30.3 Å². The van der Waals surface area contributed by atoms with Gasteiger partial charge in [-0.3, -0.25) is 0 Å². The minimum Gasteiger partial charge on any atom is -0.399 e. The van der Waals surface area contributed by atoms with Gasteiger partial charge in [-0.05, 0) is 23.8 Å². The largest absolute Gasteiger partial charge is 0.399 e. The van der Waals surface area contributed by atoms with Gasteiger partial charge < -0.3 is 15.0 Å². The first-order valence-corrected chi connectivity index (χ1v) is 5.63. The molecular weight excluding hydrogens is 230 g/mol. The van der Waals surface area contributed by atoms with E-state index in [0.717, 1.165) is 11.3 Å². The van der Waals surface area contributed by atoms with Gasteiger partial charge in [0.15, 0.2) is 5.82 Å². The fourth-order valence-electron chi connectivity index (χ4n) is 1.40. The van der Waals surface area contributed by atoms with E-state index in [9.17, 15) is 0 Å². The fourth-order valence-corrected chi connectivity index (χ4v) is 1.40. The number of anilines is 1. The highest BCUT2D eigenvalue weighted by Crippen LogP contribution is 2.09. The number of nitrogens with zero attached hydrogens (tertiary/aromatic N) is 2. The molecule has 1 heterocycles. The van der Waals surface area contributed by atoms with Gasteiger partial charge >= 0.3 is 0 Å². The molecule has 2 N–H and O–H groups in total. The lowest BCUT2D eigenvalue weighted by Crippen LogP contribution is -1.95. The second-order valence-electron chi connectivity index (χ2n) is 3.79. The highest BCUT2D eigenvalue weighted by Gasteiger charge is 2.02. The van der Waals surface area contributed by atoms with Crippen molar-refractivity contribution in [2.75, 3.05) is 19.5 Å². The van der Waals surface area contributed by atoms with E-state index in [1.54, 1.807) is 13.2 Å². The van der Waals surface area contributed by atoms with Crippen LogP contribution in [0.15, 0.2) is 28.8 Å². The molecule has 94 valence electrons. The Morgan fingerprint density at radius 2 is 2.06 bits per heavy atom. The van der Waals surface area contributed by atoms with Crippen LogP contribution in [0.4, 0.5) is 5.69 Å². The average molecular weight is 245 g/mol. The van der Waals surface area contributed by atoms with E-state index >= 15 is 0 Å². The summed E-state index contributed by atoms with van der Waals surface area (Å²) in [5.74, 6) is 1.13.